The number of anilines is 1. The van der Waals surface area contributed by atoms with Gasteiger partial charge in [0.15, 0.2) is 6.29 Å². The number of urea groups is 1. The molecule has 2 fully saturated rings. The molecule has 2 heterocycles. The van der Waals surface area contributed by atoms with Crippen LogP contribution in [0.2, 0.25) is 0 Å². The second-order valence-electron chi connectivity index (χ2n) is 13.6. The Hall–Kier alpha value is -3.43. The Morgan fingerprint density at radius 2 is 1.83 bits per heavy atom. The summed E-state index contributed by atoms with van der Waals surface area (Å²) in [6, 6.07) is 13.7. The second kappa shape index (κ2) is 16.3. The zero-order valence-electron chi connectivity index (χ0n) is 28.5. The van der Waals surface area contributed by atoms with E-state index in [9.17, 15) is 28.2 Å². The van der Waals surface area contributed by atoms with Gasteiger partial charge in [-0.05, 0) is 54.9 Å². The van der Waals surface area contributed by atoms with Crippen LogP contribution in [0, 0.1) is 11.3 Å². The number of ether oxygens (including phenoxy) is 2. The first-order chi connectivity index (χ1) is 22.7. The molecule has 13 nitrogen and oxygen atoms in total. The van der Waals surface area contributed by atoms with Gasteiger partial charge < -0.3 is 44.9 Å². The number of hydrogen-bond acceptors (Lipinski definition) is 9. The number of nitrogens with zero attached hydrogens (tertiary/aromatic N) is 3. The average molecular weight is 689 g/mol. The summed E-state index contributed by atoms with van der Waals surface area (Å²) in [7, 11) is 0.834. The number of carboxylic acid groups (broad SMARTS) is 1. The van der Waals surface area contributed by atoms with E-state index < -0.39 is 46.0 Å². The fourth-order valence-electron chi connectivity index (χ4n) is 6.54. The number of rotatable bonds is 16. The van der Waals surface area contributed by atoms with Gasteiger partial charge in [-0.3, -0.25) is 0 Å². The Morgan fingerprint density at radius 1 is 1.10 bits per heavy atom. The molecule has 5 atom stereocenters. The predicted molar refractivity (Wildman–Crippen MR) is 180 cm³/mol. The highest BCUT2D eigenvalue weighted by atomic mass is 32.2. The molecule has 2 aliphatic heterocycles. The van der Waals surface area contributed by atoms with Crippen molar-refractivity contribution >= 4 is 27.8 Å². The van der Waals surface area contributed by atoms with Crippen molar-refractivity contribution < 1.29 is 37.7 Å². The molecule has 0 saturated carbocycles. The maximum atomic E-state index is 14.3. The van der Waals surface area contributed by atoms with Gasteiger partial charge in [-0.15, -0.1) is 0 Å². The molecule has 3 amide bonds. The van der Waals surface area contributed by atoms with Gasteiger partial charge in [-0.25, -0.2) is 13.2 Å². The van der Waals surface area contributed by atoms with Crippen LogP contribution < -0.4 is 15.7 Å². The number of aliphatic hydroxyl groups is 1. The third-order valence-electron chi connectivity index (χ3n) is 9.13. The van der Waals surface area contributed by atoms with E-state index in [4.69, 9.17) is 9.47 Å². The molecular formula is C34H50N5O8S-. The highest BCUT2D eigenvalue weighted by Crippen LogP contribution is 2.36. The average Bonchev–Trinajstić information content (AvgIpc) is 3.68. The third kappa shape index (κ3) is 9.38. The van der Waals surface area contributed by atoms with E-state index in [1.54, 1.807) is 33.3 Å². The van der Waals surface area contributed by atoms with Crippen molar-refractivity contribution in [2.24, 2.45) is 11.3 Å². The number of fused-ring (bicyclic) bond motifs is 1. The van der Waals surface area contributed by atoms with Crippen LogP contribution in [0.4, 0.5) is 15.3 Å². The third-order valence-corrected chi connectivity index (χ3v) is 10.9. The highest BCUT2D eigenvalue weighted by molar-refractivity contribution is 7.89. The zero-order chi connectivity index (χ0) is 35.1. The van der Waals surface area contributed by atoms with Crippen molar-refractivity contribution in [1.29, 1.82) is 0 Å². The van der Waals surface area contributed by atoms with Crippen molar-refractivity contribution in [2.45, 2.75) is 68.9 Å². The number of sulfonamides is 1. The largest absolute Gasteiger partial charge is 0.530 e. The van der Waals surface area contributed by atoms with Crippen molar-refractivity contribution in [3.63, 3.8) is 0 Å². The first kappa shape index (κ1) is 37.4. The van der Waals surface area contributed by atoms with Crippen molar-refractivity contribution in [2.75, 3.05) is 59.3 Å². The number of hydrogen-bond donors (Lipinski definition) is 3. The van der Waals surface area contributed by atoms with Gasteiger partial charge in [-0.1, -0.05) is 50.2 Å². The van der Waals surface area contributed by atoms with Crippen LogP contribution in [0.3, 0.4) is 0 Å². The van der Waals surface area contributed by atoms with E-state index in [1.165, 1.54) is 21.3 Å². The van der Waals surface area contributed by atoms with Crippen LogP contribution in [0.15, 0.2) is 59.5 Å². The molecule has 0 unspecified atom stereocenters. The minimum absolute atomic E-state index is 0.0340. The SMILES string of the molecule is CNc1cccc(S(=O)(=O)N(C[C@@H](O)[C@H](Cc2ccccc2)N(C(=O)[O-])[C@H]2CO[C@H]3OCC[C@H]32)CC(C)(C)CCCNC(=O)N(C)C)c1. The lowest BCUT2D eigenvalue weighted by Crippen LogP contribution is -2.61. The number of carbonyl (C=O) groups is 2. The Labute approximate surface area is 284 Å². The van der Waals surface area contributed by atoms with E-state index in [1.807, 2.05) is 44.2 Å². The molecular weight excluding hydrogens is 638 g/mol. The zero-order valence-corrected chi connectivity index (χ0v) is 29.3. The summed E-state index contributed by atoms with van der Waals surface area (Å²) in [5.41, 5.74) is 0.807. The Balaban J connectivity index is 1.66. The molecule has 2 aliphatic rings. The molecule has 2 saturated heterocycles. The number of amides is 3. The number of nitrogens with one attached hydrogen (secondary N) is 2. The first-order valence-corrected chi connectivity index (χ1v) is 17.8. The molecule has 3 N–H and O–H groups in total. The molecule has 0 aliphatic carbocycles. The van der Waals surface area contributed by atoms with Crippen LogP contribution in [0.25, 0.3) is 0 Å². The standard InChI is InChI=1S/C34H51N5O8S/c1-34(2,16-10-17-36-32(41)37(4)5)23-38(48(44,45)26-14-9-13-25(20-26)35-3)21-30(40)28(19-24-11-7-6-8-12-24)39(33(42)43)29-22-47-31-27(29)15-18-46-31/h6-9,11-14,20,27-31,35,40H,10,15-19,21-23H2,1-5H3,(H,36,41)(H,42,43)/p-1/t27-,28-,29-,30+,31+/m0/s1. The number of carbonyl (C=O) groups excluding carboxylic acids is 2. The topological polar surface area (TPSA) is 164 Å². The molecule has 4 rings (SSSR count). The summed E-state index contributed by atoms with van der Waals surface area (Å²) in [6.07, 6.45) is -1.54. The van der Waals surface area contributed by atoms with Gasteiger partial charge in [0.1, 0.15) is 6.09 Å². The Kier molecular flexibility index (Phi) is 12.7. The monoisotopic (exact) mass is 688 g/mol. The predicted octanol–water partition coefficient (Wildman–Crippen LogP) is 2.18. The number of aliphatic hydroxyl groups excluding tert-OH is 1. The summed E-state index contributed by atoms with van der Waals surface area (Å²) in [5, 5.41) is 30.7. The minimum Gasteiger partial charge on any atom is -0.530 e. The van der Waals surface area contributed by atoms with Crippen molar-refractivity contribution in [1.82, 2.24) is 19.4 Å². The normalized spacial score (nSPS) is 20.6. The number of benzene rings is 2. The smallest absolute Gasteiger partial charge is 0.316 e. The quantitative estimate of drug-likeness (QED) is 0.224. The first-order valence-electron chi connectivity index (χ1n) is 16.4. The van der Waals surface area contributed by atoms with Crippen LogP contribution in [-0.2, 0) is 25.9 Å². The summed E-state index contributed by atoms with van der Waals surface area (Å²) >= 11 is 0. The molecule has 0 radical (unpaired) electrons. The van der Waals surface area contributed by atoms with E-state index >= 15 is 0 Å². The Bertz CT molecular complexity index is 1470. The van der Waals surface area contributed by atoms with Gasteiger partial charge in [0.2, 0.25) is 10.0 Å². The van der Waals surface area contributed by atoms with E-state index in [0.29, 0.717) is 38.1 Å². The summed E-state index contributed by atoms with van der Waals surface area (Å²) in [4.78, 5) is 27.5. The lowest BCUT2D eigenvalue weighted by Gasteiger charge is -2.43. The molecule has 2 aromatic rings. The van der Waals surface area contributed by atoms with Crippen molar-refractivity contribution in [3.8, 4) is 0 Å². The fraction of sp³-hybridized carbons (Fsp3) is 0.588. The summed E-state index contributed by atoms with van der Waals surface area (Å²) in [6.45, 7) is 4.46. The lowest BCUT2D eigenvalue weighted by molar-refractivity contribution is -0.273. The minimum atomic E-state index is -4.17. The van der Waals surface area contributed by atoms with Crippen LogP contribution in [0.1, 0.15) is 38.7 Å². The molecule has 0 aromatic heterocycles. The van der Waals surface area contributed by atoms with Crippen LogP contribution >= 0.6 is 0 Å². The van der Waals surface area contributed by atoms with E-state index in [-0.39, 0.29) is 43.0 Å². The van der Waals surface area contributed by atoms with Crippen molar-refractivity contribution in [3.05, 3.63) is 60.2 Å². The molecule has 14 heteroatoms. The lowest BCUT2D eigenvalue weighted by atomic mass is 9.87. The van der Waals surface area contributed by atoms with E-state index in [2.05, 4.69) is 10.6 Å². The van der Waals surface area contributed by atoms with Gasteiger partial charge in [0.05, 0.1) is 36.3 Å². The highest BCUT2D eigenvalue weighted by Gasteiger charge is 2.47. The second-order valence-corrected chi connectivity index (χ2v) is 15.5. The fourth-order valence-corrected chi connectivity index (χ4v) is 8.23. The van der Waals surface area contributed by atoms with Gasteiger partial charge in [-0.2, -0.15) is 4.31 Å². The molecule has 0 spiro atoms. The molecule has 266 valence electrons. The van der Waals surface area contributed by atoms with Gasteiger partial charge in [0.25, 0.3) is 0 Å². The molecule has 2 aromatic carbocycles. The maximum Gasteiger partial charge on any atom is 0.316 e. The summed E-state index contributed by atoms with van der Waals surface area (Å²) < 4.78 is 41.4. The Morgan fingerprint density at radius 3 is 2.50 bits per heavy atom. The maximum absolute atomic E-state index is 14.3. The van der Waals surface area contributed by atoms with Gasteiger partial charge in [0, 0.05) is 52.4 Å². The summed E-state index contributed by atoms with van der Waals surface area (Å²) in [5.74, 6) is -0.232. The van der Waals surface area contributed by atoms with Gasteiger partial charge >= 0.3 is 6.03 Å². The van der Waals surface area contributed by atoms with Crippen LogP contribution in [0.5, 0.6) is 0 Å². The molecule has 48 heavy (non-hydrogen) atoms. The van der Waals surface area contributed by atoms with E-state index in [0.717, 1.165) is 10.5 Å². The van der Waals surface area contributed by atoms with Crippen LogP contribution in [-0.4, -0.2) is 118 Å². The molecule has 0 bridgehead atoms.